The van der Waals surface area contributed by atoms with Crippen LogP contribution in [0.5, 0.6) is 0 Å². The maximum Gasteiger partial charge on any atom is 0.330 e. The first kappa shape index (κ1) is 15.0. The zero-order valence-electron chi connectivity index (χ0n) is 13.6. The van der Waals surface area contributed by atoms with Crippen LogP contribution < -0.4 is 0 Å². The van der Waals surface area contributed by atoms with Crippen molar-refractivity contribution in [2.75, 3.05) is 33.7 Å². The molecule has 0 bridgehead atoms. The van der Waals surface area contributed by atoms with Gasteiger partial charge in [0.2, 0.25) is 0 Å². The van der Waals surface area contributed by atoms with Crippen LogP contribution >= 0.6 is 0 Å². The Morgan fingerprint density at radius 1 is 1.32 bits per heavy atom. The standard InChI is InChI=1S/C17H24N4O/c1-4-10-20-12-13(9-11-19(2)3)16-18-14-7-5-6-8-15(14)21(16)17(20)22/h5-8,13H,4,9-12H2,1-3H3. The number of amides is 1. The number of hydrogen-bond acceptors (Lipinski definition) is 3. The quantitative estimate of drug-likeness (QED) is 0.852. The van der Waals surface area contributed by atoms with Gasteiger partial charge in [-0.1, -0.05) is 19.1 Å². The predicted molar refractivity (Wildman–Crippen MR) is 88.3 cm³/mol. The van der Waals surface area contributed by atoms with Crippen molar-refractivity contribution in [3.05, 3.63) is 30.1 Å². The summed E-state index contributed by atoms with van der Waals surface area (Å²) in [6.45, 7) is 4.71. The number of benzene rings is 1. The molecule has 3 rings (SSSR count). The smallest absolute Gasteiger partial charge is 0.323 e. The van der Waals surface area contributed by atoms with E-state index >= 15 is 0 Å². The molecule has 0 saturated carbocycles. The Bertz CT molecular complexity index is 676. The zero-order chi connectivity index (χ0) is 15.7. The molecule has 1 unspecified atom stereocenters. The van der Waals surface area contributed by atoms with Gasteiger partial charge in [0.25, 0.3) is 0 Å². The number of carbonyl (C=O) groups is 1. The summed E-state index contributed by atoms with van der Waals surface area (Å²) >= 11 is 0. The van der Waals surface area contributed by atoms with Crippen LogP contribution in [0.15, 0.2) is 24.3 Å². The number of imidazole rings is 1. The van der Waals surface area contributed by atoms with Crippen molar-refractivity contribution in [3.63, 3.8) is 0 Å². The number of hydrogen-bond donors (Lipinski definition) is 0. The minimum absolute atomic E-state index is 0.0756. The Balaban J connectivity index is 2.03. The van der Waals surface area contributed by atoms with E-state index in [0.29, 0.717) is 5.92 Å². The van der Waals surface area contributed by atoms with E-state index < -0.39 is 0 Å². The Morgan fingerprint density at radius 2 is 2.09 bits per heavy atom. The monoisotopic (exact) mass is 300 g/mol. The number of para-hydroxylation sites is 2. The minimum Gasteiger partial charge on any atom is -0.323 e. The minimum atomic E-state index is 0.0756. The molecule has 0 saturated heterocycles. The van der Waals surface area contributed by atoms with Gasteiger partial charge >= 0.3 is 6.03 Å². The van der Waals surface area contributed by atoms with Crippen LogP contribution in [0.25, 0.3) is 11.0 Å². The van der Waals surface area contributed by atoms with Crippen molar-refractivity contribution < 1.29 is 4.79 Å². The molecule has 118 valence electrons. The van der Waals surface area contributed by atoms with Crippen LogP contribution in [0.2, 0.25) is 0 Å². The Hall–Kier alpha value is -1.88. The first-order valence-corrected chi connectivity index (χ1v) is 8.03. The van der Waals surface area contributed by atoms with Crippen LogP contribution in [0.3, 0.4) is 0 Å². The lowest BCUT2D eigenvalue weighted by Crippen LogP contribution is -2.44. The molecule has 0 spiro atoms. The van der Waals surface area contributed by atoms with E-state index in [1.54, 1.807) is 0 Å². The van der Waals surface area contributed by atoms with E-state index in [1.807, 2.05) is 33.7 Å². The molecule has 1 aliphatic heterocycles. The van der Waals surface area contributed by atoms with Gasteiger partial charge in [-0.25, -0.2) is 14.3 Å². The molecule has 22 heavy (non-hydrogen) atoms. The highest BCUT2D eigenvalue weighted by molar-refractivity contribution is 5.91. The summed E-state index contributed by atoms with van der Waals surface area (Å²) in [5.74, 6) is 1.24. The van der Waals surface area contributed by atoms with Gasteiger partial charge < -0.3 is 9.80 Å². The van der Waals surface area contributed by atoms with Crippen molar-refractivity contribution >= 4 is 17.1 Å². The molecule has 1 aromatic heterocycles. The van der Waals surface area contributed by atoms with E-state index in [9.17, 15) is 4.79 Å². The largest absolute Gasteiger partial charge is 0.330 e. The number of fused-ring (bicyclic) bond motifs is 3. The Kier molecular flexibility index (Phi) is 4.16. The lowest BCUT2D eigenvalue weighted by Gasteiger charge is -2.33. The Labute approximate surface area is 131 Å². The van der Waals surface area contributed by atoms with Gasteiger partial charge in [0, 0.05) is 19.0 Å². The fourth-order valence-corrected chi connectivity index (χ4v) is 3.18. The highest BCUT2D eigenvalue weighted by atomic mass is 16.2. The number of rotatable bonds is 5. The molecular weight excluding hydrogens is 276 g/mol. The second kappa shape index (κ2) is 6.08. The van der Waals surface area contributed by atoms with Crippen molar-refractivity contribution in [2.45, 2.75) is 25.7 Å². The molecule has 2 heterocycles. The second-order valence-electron chi connectivity index (χ2n) is 6.31. The molecule has 1 amide bonds. The van der Waals surface area contributed by atoms with E-state index in [2.05, 4.69) is 25.9 Å². The summed E-state index contributed by atoms with van der Waals surface area (Å²) in [5.41, 5.74) is 1.84. The second-order valence-corrected chi connectivity index (χ2v) is 6.31. The molecule has 0 radical (unpaired) electrons. The van der Waals surface area contributed by atoms with Crippen LogP contribution in [0.4, 0.5) is 4.79 Å². The van der Waals surface area contributed by atoms with Crippen molar-refractivity contribution in [1.29, 1.82) is 0 Å². The van der Waals surface area contributed by atoms with Crippen molar-refractivity contribution in [2.24, 2.45) is 0 Å². The first-order valence-electron chi connectivity index (χ1n) is 8.03. The van der Waals surface area contributed by atoms with Crippen LogP contribution in [0.1, 0.15) is 31.5 Å². The number of nitrogens with zero attached hydrogens (tertiary/aromatic N) is 4. The third-order valence-electron chi connectivity index (χ3n) is 4.27. The highest BCUT2D eigenvalue weighted by Crippen LogP contribution is 2.30. The summed E-state index contributed by atoms with van der Waals surface area (Å²) in [7, 11) is 4.17. The first-order chi connectivity index (χ1) is 10.6. The zero-order valence-corrected chi connectivity index (χ0v) is 13.6. The molecule has 1 aromatic carbocycles. The third-order valence-corrected chi connectivity index (χ3v) is 4.27. The van der Waals surface area contributed by atoms with E-state index in [0.717, 1.165) is 49.3 Å². The van der Waals surface area contributed by atoms with Crippen LogP contribution in [-0.4, -0.2) is 59.1 Å². The fourth-order valence-electron chi connectivity index (χ4n) is 3.18. The fraction of sp³-hybridized carbons (Fsp3) is 0.529. The van der Waals surface area contributed by atoms with Crippen molar-refractivity contribution in [3.8, 4) is 0 Å². The molecule has 1 atom stereocenters. The molecule has 5 nitrogen and oxygen atoms in total. The van der Waals surface area contributed by atoms with E-state index in [1.165, 1.54) is 0 Å². The number of aromatic nitrogens is 2. The lowest BCUT2D eigenvalue weighted by atomic mass is 10.0. The summed E-state index contributed by atoms with van der Waals surface area (Å²) in [5, 5.41) is 0. The molecule has 2 aromatic rings. The number of carbonyl (C=O) groups excluding carboxylic acids is 1. The SMILES string of the molecule is CCCN1CC(CCN(C)C)c2nc3ccccc3n2C1=O. The third kappa shape index (κ3) is 2.61. The van der Waals surface area contributed by atoms with Gasteiger partial charge in [0.1, 0.15) is 5.82 Å². The van der Waals surface area contributed by atoms with Gasteiger partial charge in [0.05, 0.1) is 11.0 Å². The van der Waals surface area contributed by atoms with E-state index in [-0.39, 0.29) is 6.03 Å². The average Bonchev–Trinajstić information content (AvgIpc) is 2.88. The maximum absolute atomic E-state index is 12.8. The highest BCUT2D eigenvalue weighted by Gasteiger charge is 2.33. The lowest BCUT2D eigenvalue weighted by molar-refractivity contribution is 0.181. The van der Waals surface area contributed by atoms with Gasteiger partial charge in [-0.05, 0) is 45.6 Å². The van der Waals surface area contributed by atoms with Crippen LogP contribution in [-0.2, 0) is 0 Å². The van der Waals surface area contributed by atoms with Crippen LogP contribution in [0, 0.1) is 0 Å². The predicted octanol–water partition coefficient (Wildman–Crippen LogP) is 2.77. The van der Waals surface area contributed by atoms with E-state index in [4.69, 9.17) is 4.98 Å². The Morgan fingerprint density at radius 3 is 2.82 bits per heavy atom. The normalized spacial score (nSPS) is 18.3. The molecule has 5 heteroatoms. The summed E-state index contributed by atoms with van der Waals surface area (Å²) in [4.78, 5) is 21.7. The summed E-state index contributed by atoms with van der Waals surface area (Å²) in [6.07, 6.45) is 2.00. The topological polar surface area (TPSA) is 41.4 Å². The van der Waals surface area contributed by atoms with Gasteiger partial charge in [-0.2, -0.15) is 0 Å². The van der Waals surface area contributed by atoms with Crippen molar-refractivity contribution in [1.82, 2.24) is 19.4 Å². The summed E-state index contributed by atoms with van der Waals surface area (Å²) < 4.78 is 1.83. The maximum atomic E-state index is 12.8. The van der Waals surface area contributed by atoms with Gasteiger partial charge in [0.15, 0.2) is 0 Å². The van der Waals surface area contributed by atoms with Gasteiger partial charge in [-0.3, -0.25) is 0 Å². The summed E-state index contributed by atoms with van der Waals surface area (Å²) in [6, 6.07) is 8.00. The van der Waals surface area contributed by atoms with Gasteiger partial charge in [-0.15, -0.1) is 0 Å². The molecule has 0 N–H and O–H groups in total. The molecule has 0 fully saturated rings. The average molecular weight is 300 g/mol. The molecule has 0 aliphatic carbocycles. The molecule has 1 aliphatic rings. The molecular formula is C17H24N4O.